The summed E-state index contributed by atoms with van der Waals surface area (Å²) in [5.74, 6) is 0.974. The summed E-state index contributed by atoms with van der Waals surface area (Å²) in [4.78, 5) is 17.5. The van der Waals surface area contributed by atoms with E-state index in [-0.39, 0.29) is 5.91 Å². The number of benzene rings is 3. The Labute approximate surface area is 206 Å². The van der Waals surface area contributed by atoms with Crippen LogP contribution in [0.15, 0.2) is 70.6 Å². The van der Waals surface area contributed by atoms with Crippen molar-refractivity contribution in [3.05, 3.63) is 92.3 Å². The Morgan fingerprint density at radius 2 is 1.85 bits per heavy atom. The van der Waals surface area contributed by atoms with E-state index < -0.39 is 0 Å². The molecule has 168 valence electrons. The van der Waals surface area contributed by atoms with Crippen LogP contribution in [0, 0.1) is 6.92 Å². The van der Waals surface area contributed by atoms with Gasteiger partial charge in [-0.25, -0.2) is 4.99 Å². The Kier molecular flexibility index (Phi) is 7.28. The maximum Gasteiger partial charge on any atom is 0.264 e. The van der Waals surface area contributed by atoms with Gasteiger partial charge in [-0.1, -0.05) is 47.5 Å². The molecule has 8 heteroatoms. The van der Waals surface area contributed by atoms with Crippen molar-refractivity contribution in [2.24, 2.45) is 4.99 Å². The molecule has 1 heterocycles. The van der Waals surface area contributed by atoms with Gasteiger partial charge < -0.3 is 14.8 Å². The number of rotatable bonds is 6. The van der Waals surface area contributed by atoms with E-state index in [1.807, 2.05) is 67.6 Å². The Morgan fingerprint density at radius 3 is 2.61 bits per heavy atom. The van der Waals surface area contributed by atoms with Crippen molar-refractivity contribution in [3.63, 3.8) is 0 Å². The first-order valence-corrected chi connectivity index (χ1v) is 11.6. The van der Waals surface area contributed by atoms with Crippen LogP contribution in [0.2, 0.25) is 10.0 Å². The van der Waals surface area contributed by atoms with E-state index in [1.165, 1.54) is 11.8 Å². The summed E-state index contributed by atoms with van der Waals surface area (Å²) >= 11 is 13.4. The van der Waals surface area contributed by atoms with E-state index in [4.69, 9.17) is 32.7 Å². The highest BCUT2D eigenvalue weighted by molar-refractivity contribution is 8.18. The molecule has 0 unspecified atom stereocenters. The predicted octanol–water partition coefficient (Wildman–Crippen LogP) is 6.78. The third-order valence-corrected chi connectivity index (χ3v) is 6.48. The molecule has 0 saturated carbocycles. The van der Waals surface area contributed by atoms with Gasteiger partial charge in [0.2, 0.25) is 0 Å². The summed E-state index contributed by atoms with van der Waals surface area (Å²) < 4.78 is 11.4. The molecule has 3 aromatic carbocycles. The zero-order valence-electron chi connectivity index (χ0n) is 17.9. The molecule has 0 bridgehead atoms. The van der Waals surface area contributed by atoms with Crippen LogP contribution in [0.4, 0.5) is 5.69 Å². The van der Waals surface area contributed by atoms with Crippen molar-refractivity contribution in [1.29, 1.82) is 0 Å². The number of carbonyl (C=O) groups is 1. The number of amidine groups is 1. The minimum Gasteiger partial charge on any atom is -0.493 e. The Balaban J connectivity index is 1.50. The van der Waals surface area contributed by atoms with Gasteiger partial charge in [0.05, 0.1) is 17.7 Å². The summed E-state index contributed by atoms with van der Waals surface area (Å²) in [6.45, 7) is 2.28. The highest BCUT2D eigenvalue weighted by Gasteiger charge is 2.24. The third kappa shape index (κ3) is 5.71. The summed E-state index contributed by atoms with van der Waals surface area (Å²) in [5.41, 5.74) is 3.38. The lowest BCUT2D eigenvalue weighted by Crippen LogP contribution is -2.19. The second-order valence-corrected chi connectivity index (χ2v) is 9.07. The zero-order chi connectivity index (χ0) is 23.4. The van der Waals surface area contributed by atoms with E-state index in [0.717, 1.165) is 22.4 Å². The van der Waals surface area contributed by atoms with E-state index in [1.54, 1.807) is 13.2 Å². The Morgan fingerprint density at radius 1 is 1.06 bits per heavy atom. The molecule has 1 saturated heterocycles. The fourth-order valence-corrected chi connectivity index (χ4v) is 4.22. The molecule has 0 aliphatic carbocycles. The number of aliphatic imine (C=N–C) groups is 1. The molecule has 1 aliphatic heterocycles. The first-order valence-electron chi connectivity index (χ1n) is 10.0. The first kappa shape index (κ1) is 23.2. The molecular weight excluding hydrogens is 479 g/mol. The number of methoxy groups -OCH3 is 1. The largest absolute Gasteiger partial charge is 0.493 e. The standard InChI is InChI=1S/C25H20Cl2N2O3S/c1-15-19(27)4-3-5-20(15)28-25-29-24(30)23(33-25)13-17-8-11-21(22(12-17)31-2)32-14-16-6-9-18(26)10-7-16/h3-13H,14H2,1-2H3,(H,28,29,30)/b23-13-. The molecule has 1 amide bonds. The van der Waals surface area contributed by atoms with Gasteiger partial charge in [-0.3, -0.25) is 4.79 Å². The number of hydrogen-bond acceptors (Lipinski definition) is 5. The third-order valence-electron chi connectivity index (χ3n) is 4.91. The average molecular weight is 499 g/mol. The van der Waals surface area contributed by atoms with Crippen LogP contribution in [-0.2, 0) is 11.4 Å². The molecule has 1 aliphatic rings. The fraction of sp³-hybridized carbons (Fsp3) is 0.120. The van der Waals surface area contributed by atoms with Gasteiger partial charge in [-0.15, -0.1) is 0 Å². The van der Waals surface area contributed by atoms with Crippen LogP contribution in [0.3, 0.4) is 0 Å². The maximum absolute atomic E-state index is 12.5. The van der Waals surface area contributed by atoms with Crippen molar-refractivity contribution in [1.82, 2.24) is 5.32 Å². The van der Waals surface area contributed by atoms with Crippen LogP contribution in [0.5, 0.6) is 11.5 Å². The summed E-state index contributed by atoms with van der Waals surface area (Å²) in [6.07, 6.45) is 1.79. The lowest BCUT2D eigenvalue weighted by molar-refractivity contribution is -0.115. The summed E-state index contributed by atoms with van der Waals surface area (Å²) in [5, 5.41) is 4.62. The van der Waals surface area contributed by atoms with Crippen LogP contribution in [-0.4, -0.2) is 18.2 Å². The minimum atomic E-state index is -0.208. The molecule has 0 radical (unpaired) electrons. The first-order chi connectivity index (χ1) is 15.9. The van der Waals surface area contributed by atoms with Crippen molar-refractivity contribution in [2.45, 2.75) is 13.5 Å². The highest BCUT2D eigenvalue weighted by Crippen LogP contribution is 2.33. The minimum absolute atomic E-state index is 0.208. The van der Waals surface area contributed by atoms with Gasteiger partial charge in [-0.05, 0) is 77.9 Å². The fourth-order valence-electron chi connectivity index (χ4n) is 3.09. The quantitative estimate of drug-likeness (QED) is 0.380. The number of hydrogen-bond donors (Lipinski definition) is 1. The van der Waals surface area contributed by atoms with Crippen LogP contribution < -0.4 is 14.8 Å². The van der Waals surface area contributed by atoms with Crippen molar-refractivity contribution in [2.75, 3.05) is 7.11 Å². The smallest absolute Gasteiger partial charge is 0.264 e. The van der Waals surface area contributed by atoms with Crippen molar-refractivity contribution in [3.8, 4) is 11.5 Å². The van der Waals surface area contributed by atoms with Gasteiger partial charge in [-0.2, -0.15) is 0 Å². The van der Waals surface area contributed by atoms with Gasteiger partial charge in [0, 0.05) is 10.0 Å². The molecule has 5 nitrogen and oxygen atoms in total. The van der Waals surface area contributed by atoms with E-state index in [2.05, 4.69) is 10.3 Å². The number of nitrogens with one attached hydrogen (secondary N) is 1. The Hall–Kier alpha value is -2.93. The zero-order valence-corrected chi connectivity index (χ0v) is 20.2. The van der Waals surface area contributed by atoms with E-state index >= 15 is 0 Å². The molecule has 0 aromatic heterocycles. The lowest BCUT2D eigenvalue weighted by Gasteiger charge is -2.11. The molecule has 3 aromatic rings. The summed E-state index contributed by atoms with van der Waals surface area (Å²) in [6, 6.07) is 18.5. The second-order valence-electron chi connectivity index (χ2n) is 7.19. The van der Waals surface area contributed by atoms with Crippen LogP contribution in [0.25, 0.3) is 6.08 Å². The summed E-state index contributed by atoms with van der Waals surface area (Å²) in [7, 11) is 1.58. The number of nitrogens with zero attached hydrogens (tertiary/aromatic N) is 1. The van der Waals surface area contributed by atoms with E-state index in [0.29, 0.717) is 38.2 Å². The van der Waals surface area contributed by atoms with Crippen molar-refractivity contribution >= 4 is 57.8 Å². The molecule has 0 atom stereocenters. The van der Waals surface area contributed by atoms with Gasteiger partial charge in [0.1, 0.15) is 6.61 Å². The SMILES string of the molecule is COc1cc(/C=C2\SC(=Nc3cccc(Cl)c3C)NC2=O)ccc1OCc1ccc(Cl)cc1. The second kappa shape index (κ2) is 10.3. The maximum atomic E-state index is 12.5. The topological polar surface area (TPSA) is 59.9 Å². The normalized spacial score (nSPS) is 15.7. The average Bonchev–Trinajstić information content (AvgIpc) is 3.15. The number of thioether (sulfide) groups is 1. The number of amides is 1. The number of ether oxygens (including phenoxy) is 2. The molecule has 1 N–H and O–H groups in total. The molecule has 1 fully saturated rings. The van der Waals surface area contributed by atoms with E-state index in [9.17, 15) is 4.79 Å². The molecule has 33 heavy (non-hydrogen) atoms. The Bertz CT molecular complexity index is 1260. The predicted molar refractivity (Wildman–Crippen MR) is 136 cm³/mol. The van der Waals surface area contributed by atoms with Gasteiger partial charge >= 0.3 is 0 Å². The number of carbonyl (C=O) groups excluding carboxylic acids is 1. The van der Waals surface area contributed by atoms with Crippen molar-refractivity contribution < 1.29 is 14.3 Å². The molecule has 4 rings (SSSR count). The van der Waals surface area contributed by atoms with Crippen LogP contribution in [0.1, 0.15) is 16.7 Å². The van der Waals surface area contributed by atoms with Crippen LogP contribution >= 0.6 is 35.0 Å². The van der Waals surface area contributed by atoms with Gasteiger partial charge in [0.25, 0.3) is 5.91 Å². The highest BCUT2D eigenvalue weighted by atomic mass is 35.5. The molecule has 0 spiro atoms. The monoisotopic (exact) mass is 498 g/mol. The number of halogens is 2. The molecular formula is C25H20Cl2N2O3S. The van der Waals surface area contributed by atoms with Gasteiger partial charge in [0.15, 0.2) is 16.7 Å². The lowest BCUT2D eigenvalue weighted by atomic mass is 10.2.